The predicted molar refractivity (Wildman–Crippen MR) is 100 cm³/mol. The molecule has 0 saturated heterocycles. The molecule has 0 aliphatic rings. The molecule has 4 aromatic rings. The second kappa shape index (κ2) is 6.54. The van der Waals surface area contributed by atoms with Crippen molar-refractivity contribution in [1.82, 2.24) is 9.38 Å². The summed E-state index contributed by atoms with van der Waals surface area (Å²) in [6.45, 7) is 0. The minimum atomic E-state index is 0.649. The summed E-state index contributed by atoms with van der Waals surface area (Å²) in [5, 5.41) is 21.1. The first kappa shape index (κ1) is 15.6. The van der Waals surface area contributed by atoms with Gasteiger partial charge in [-0.25, -0.2) is 4.98 Å². The standard InChI is InChI=1S/C21H14N4O/c22-12-18-4-1-2-7-19(18)16-5-3-6-17(11-16)20-14-23-21-10-15(13-24-26)8-9-25(20)21/h1-11,13-14,26H/b24-13+. The van der Waals surface area contributed by atoms with E-state index in [2.05, 4.69) is 22.3 Å². The van der Waals surface area contributed by atoms with Crippen LogP contribution in [0.2, 0.25) is 0 Å². The van der Waals surface area contributed by atoms with E-state index in [1.165, 1.54) is 6.21 Å². The summed E-state index contributed by atoms with van der Waals surface area (Å²) >= 11 is 0. The molecule has 0 fully saturated rings. The van der Waals surface area contributed by atoms with E-state index < -0.39 is 0 Å². The number of fused-ring (bicyclic) bond motifs is 1. The van der Waals surface area contributed by atoms with E-state index in [0.717, 1.165) is 33.6 Å². The Kier molecular flexibility index (Phi) is 3.92. The second-order valence-electron chi connectivity index (χ2n) is 5.81. The van der Waals surface area contributed by atoms with E-state index in [0.29, 0.717) is 5.56 Å². The summed E-state index contributed by atoms with van der Waals surface area (Å²) in [4.78, 5) is 4.44. The Labute approximate surface area is 150 Å². The van der Waals surface area contributed by atoms with E-state index in [-0.39, 0.29) is 0 Å². The van der Waals surface area contributed by atoms with Crippen LogP contribution in [0.1, 0.15) is 11.1 Å². The molecule has 5 heteroatoms. The van der Waals surface area contributed by atoms with Gasteiger partial charge in [0.15, 0.2) is 0 Å². The van der Waals surface area contributed by atoms with Gasteiger partial charge in [-0.05, 0) is 35.4 Å². The molecule has 26 heavy (non-hydrogen) atoms. The Hall–Kier alpha value is -3.91. The van der Waals surface area contributed by atoms with E-state index in [1.807, 2.05) is 71.4 Å². The van der Waals surface area contributed by atoms with Gasteiger partial charge in [-0.1, -0.05) is 41.6 Å². The van der Waals surface area contributed by atoms with Crippen LogP contribution in [0, 0.1) is 11.3 Å². The zero-order valence-electron chi connectivity index (χ0n) is 13.7. The lowest BCUT2D eigenvalue weighted by Gasteiger charge is -2.07. The molecule has 4 rings (SSSR count). The lowest BCUT2D eigenvalue weighted by molar-refractivity contribution is 0.322. The first-order chi connectivity index (χ1) is 12.8. The zero-order valence-corrected chi connectivity index (χ0v) is 13.7. The highest BCUT2D eigenvalue weighted by atomic mass is 16.4. The number of imidazole rings is 1. The molecular weight excluding hydrogens is 324 g/mol. The number of rotatable bonds is 3. The Bertz CT molecular complexity index is 1170. The molecule has 0 radical (unpaired) electrons. The topological polar surface area (TPSA) is 73.7 Å². The van der Waals surface area contributed by atoms with E-state index in [9.17, 15) is 5.26 Å². The average molecular weight is 338 g/mol. The summed E-state index contributed by atoms with van der Waals surface area (Å²) in [5.74, 6) is 0. The Balaban J connectivity index is 1.82. The number of nitrogens with zero attached hydrogens (tertiary/aromatic N) is 4. The number of hydrogen-bond donors (Lipinski definition) is 1. The highest BCUT2D eigenvalue weighted by Gasteiger charge is 2.09. The largest absolute Gasteiger partial charge is 0.411 e. The SMILES string of the molecule is N#Cc1ccccc1-c1cccc(-c2cnc3cc(/C=N/O)ccn23)c1. The van der Waals surface area contributed by atoms with Crippen LogP contribution in [0.15, 0.2) is 78.2 Å². The fourth-order valence-corrected chi connectivity index (χ4v) is 3.04. The van der Waals surface area contributed by atoms with Gasteiger partial charge in [-0.15, -0.1) is 0 Å². The van der Waals surface area contributed by atoms with Gasteiger partial charge < -0.3 is 5.21 Å². The fourth-order valence-electron chi connectivity index (χ4n) is 3.04. The minimum Gasteiger partial charge on any atom is -0.411 e. The van der Waals surface area contributed by atoms with Gasteiger partial charge in [-0.3, -0.25) is 4.40 Å². The van der Waals surface area contributed by atoms with E-state index in [1.54, 1.807) is 0 Å². The zero-order chi connectivity index (χ0) is 17.9. The molecule has 5 nitrogen and oxygen atoms in total. The summed E-state index contributed by atoms with van der Waals surface area (Å²) in [6.07, 6.45) is 5.07. The molecule has 2 aromatic heterocycles. The van der Waals surface area contributed by atoms with Gasteiger partial charge in [0.05, 0.1) is 29.7 Å². The third-order valence-corrected chi connectivity index (χ3v) is 4.26. The van der Waals surface area contributed by atoms with Crippen LogP contribution in [0.25, 0.3) is 28.0 Å². The van der Waals surface area contributed by atoms with Crippen LogP contribution in [-0.2, 0) is 0 Å². The van der Waals surface area contributed by atoms with Gasteiger partial charge in [0.1, 0.15) is 5.65 Å². The quantitative estimate of drug-likeness (QED) is 0.343. The van der Waals surface area contributed by atoms with Crippen molar-refractivity contribution in [3.05, 3.63) is 84.2 Å². The number of aromatic nitrogens is 2. The maximum atomic E-state index is 9.35. The summed E-state index contributed by atoms with van der Waals surface area (Å²) in [5.41, 5.74) is 6.03. The first-order valence-corrected chi connectivity index (χ1v) is 8.04. The van der Waals surface area contributed by atoms with Crippen LogP contribution >= 0.6 is 0 Å². The third kappa shape index (κ3) is 2.70. The Morgan fingerprint density at radius 3 is 2.73 bits per heavy atom. The van der Waals surface area contributed by atoms with Crippen molar-refractivity contribution < 1.29 is 5.21 Å². The van der Waals surface area contributed by atoms with Gasteiger partial charge in [0, 0.05) is 17.3 Å². The van der Waals surface area contributed by atoms with Crippen LogP contribution in [0.3, 0.4) is 0 Å². The van der Waals surface area contributed by atoms with Crippen molar-refractivity contribution in [3.63, 3.8) is 0 Å². The fraction of sp³-hybridized carbons (Fsp3) is 0. The molecule has 2 aromatic carbocycles. The molecule has 0 saturated carbocycles. The molecule has 1 N–H and O–H groups in total. The second-order valence-corrected chi connectivity index (χ2v) is 5.81. The molecular formula is C21H14N4O. The molecule has 0 aliphatic carbocycles. The number of pyridine rings is 1. The van der Waals surface area contributed by atoms with E-state index in [4.69, 9.17) is 5.21 Å². The Morgan fingerprint density at radius 1 is 1.04 bits per heavy atom. The number of benzene rings is 2. The average Bonchev–Trinajstić information content (AvgIpc) is 3.11. The van der Waals surface area contributed by atoms with Crippen LogP contribution in [0.4, 0.5) is 0 Å². The minimum absolute atomic E-state index is 0.649. The van der Waals surface area contributed by atoms with Gasteiger partial charge in [-0.2, -0.15) is 5.26 Å². The van der Waals surface area contributed by atoms with Crippen molar-refractivity contribution in [2.24, 2.45) is 5.16 Å². The van der Waals surface area contributed by atoms with Gasteiger partial charge >= 0.3 is 0 Å². The van der Waals surface area contributed by atoms with E-state index >= 15 is 0 Å². The molecule has 0 spiro atoms. The van der Waals surface area contributed by atoms with Gasteiger partial charge in [0.25, 0.3) is 0 Å². The molecule has 0 amide bonds. The highest BCUT2D eigenvalue weighted by molar-refractivity contribution is 5.81. The maximum absolute atomic E-state index is 9.35. The number of oxime groups is 1. The highest BCUT2D eigenvalue weighted by Crippen LogP contribution is 2.28. The van der Waals surface area contributed by atoms with Crippen molar-refractivity contribution in [2.45, 2.75) is 0 Å². The normalized spacial score (nSPS) is 11.0. The smallest absolute Gasteiger partial charge is 0.137 e. The van der Waals surface area contributed by atoms with Crippen LogP contribution < -0.4 is 0 Å². The molecule has 0 bridgehead atoms. The lowest BCUT2D eigenvalue weighted by atomic mass is 9.98. The summed E-state index contributed by atoms with van der Waals surface area (Å²) in [6, 6.07) is 21.6. The molecule has 2 heterocycles. The third-order valence-electron chi connectivity index (χ3n) is 4.26. The van der Waals surface area contributed by atoms with Crippen molar-refractivity contribution >= 4 is 11.9 Å². The van der Waals surface area contributed by atoms with Crippen molar-refractivity contribution in [3.8, 4) is 28.5 Å². The predicted octanol–water partition coefficient (Wildman–Crippen LogP) is 4.35. The Morgan fingerprint density at radius 2 is 1.88 bits per heavy atom. The molecule has 0 unspecified atom stereocenters. The van der Waals surface area contributed by atoms with Crippen molar-refractivity contribution in [2.75, 3.05) is 0 Å². The first-order valence-electron chi connectivity index (χ1n) is 8.04. The maximum Gasteiger partial charge on any atom is 0.137 e. The monoisotopic (exact) mass is 338 g/mol. The number of hydrogen-bond acceptors (Lipinski definition) is 4. The van der Waals surface area contributed by atoms with Crippen LogP contribution in [0.5, 0.6) is 0 Å². The number of nitriles is 1. The van der Waals surface area contributed by atoms with Gasteiger partial charge in [0.2, 0.25) is 0 Å². The summed E-state index contributed by atoms with van der Waals surface area (Å²) in [7, 11) is 0. The lowest BCUT2D eigenvalue weighted by Crippen LogP contribution is -1.91. The summed E-state index contributed by atoms with van der Waals surface area (Å²) < 4.78 is 1.98. The van der Waals surface area contributed by atoms with Crippen molar-refractivity contribution in [1.29, 1.82) is 5.26 Å². The van der Waals surface area contributed by atoms with Crippen LogP contribution in [-0.4, -0.2) is 20.8 Å². The molecule has 0 atom stereocenters. The molecule has 0 aliphatic heterocycles. The molecule has 124 valence electrons.